The number of nitrogens with zero attached hydrogens (tertiary/aromatic N) is 1. The van der Waals surface area contributed by atoms with E-state index in [1.807, 2.05) is 0 Å². The van der Waals surface area contributed by atoms with Gasteiger partial charge in [-0.05, 0) is 24.8 Å². The summed E-state index contributed by atoms with van der Waals surface area (Å²) in [5.74, 6) is 0.637. The second-order valence-corrected chi connectivity index (χ2v) is 6.54. The van der Waals surface area contributed by atoms with Gasteiger partial charge in [0, 0.05) is 25.7 Å². The number of nitrogens with one attached hydrogen (secondary N) is 1. The Morgan fingerprint density at radius 2 is 2.10 bits per heavy atom. The lowest BCUT2D eigenvalue weighted by molar-refractivity contribution is 0.0531. The molecule has 1 aliphatic heterocycles. The third-order valence-electron chi connectivity index (χ3n) is 4.98. The lowest BCUT2D eigenvalue weighted by Gasteiger charge is -2.48. The van der Waals surface area contributed by atoms with Crippen LogP contribution >= 0.6 is 0 Å². The third kappa shape index (κ3) is 3.83. The molecule has 1 heterocycles. The van der Waals surface area contributed by atoms with Crippen molar-refractivity contribution in [1.29, 1.82) is 0 Å². The largest absolute Gasteiger partial charge is 0.305 e. The molecule has 1 N–H and O–H groups in total. The summed E-state index contributed by atoms with van der Waals surface area (Å²) in [5.41, 5.74) is 1.28. The molecule has 3 unspecified atom stereocenters. The van der Waals surface area contributed by atoms with Gasteiger partial charge in [-0.25, -0.2) is 0 Å². The van der Waals surface area contributed by atoms with Gasteiger partial charge in [0.2, 0.25) is 0 Å². The highest BCUT2D eigenvalue weighted by molar-refractivity contribution is 5.25. The van der Waals surface area contributed by atoms with E-state index in [1.165, 1.54) is 12.0 Å². The lowest BCUT2D eigenvalue weighted by atomic mass is 9.85. The first kappa shape index (κ1) is 16.4. The Hall–Kier alpha value is -0.930. The van der Waals surface area contributed by atoms with Gasteiger partial charge in [0.05, 0.1) is 12.2 Å². The van der Waals surface area contributed by atoms with Gasteiger partial charge in [0.1, 0.15) is 0 Å². The average Bonchev–Trinajstić information content (AvgIpc) is 2.53. The van der Waals surface area contributed by atoms with Crippen molar-refractivity contribution in [3.8, 4) is 0 Å². The van der Waals surface area contributed by atoms with Crippen LogP contribution in [-0.2, 0) is 5.54 Å². The first-order valence-electron chi connectivity index (χ1n) is 8.21. The quantitative estimate of drug-likeness (QED) is 0.862. The molecule has 0 radical (unpaired) electrons. The zero-order valence-corrected chi connectivity index (χ0v) is 13.6. The Bertz CT molecular complexity index is 422. The number of alkyl halides is 1. The second kappa shape index (κ2) is 7.37. The Morgan fingerprint density at radius 1 is 1.38 bits per heavy atom. The van der Waals surface area contributed by atoms with E-state index < -0.39 is 0 Å². The summed E-state index contributed by atoms with van der Waals surface area (Å²) in [6.07, 6.45) is 1.80. The van der Waals surface area contributed by atoms with Gasteiger partial charge in [-0.3, -0.25) is 9.29 Å². The molecule has 118 valence electrons. The summed E-state index contributed by atoms with van der Waals surface area (Å²) in [6.45, 7) is 9.37. The predicted molar refractivity (Wildman–Crippen MR) is 87.2 cm³/mol. The number of rotatable bonds is 6. The topological polar surface area (TPSA) is 15.3 Å². The van der Waals surface area contributed by atoms with Crippen molar-refractivity contribution in [2.75, 3.05) is 26.3 Å². The SMILES string of the molecule is CCC(C)C1CNC(C)(c2ccccc2)CN1CCCF. The van der Waals surface area contributed by atoms with Crippen molar-refractivity contribution in [3.63, 3.8) is 0 Å². The minimum absolute atomic E-state index is 0.0401. The van der Waals surface area contributed by atoms with Gasteiger partial charge < -0.3 is 5.32 Å². The molecule has 0 aromatic heterocycles. The van der Waals surface area contributed by atoms with Crippen LogP contribution < -0.4 is 5.32 Å². The molecule has 1 aliphatic rings. The second-order valence-electron chi connectivity index (χ2n) is 6.54. The smallest absolute Gasteiger partial charge is 0.0906 e. The highest BCUT2D eigenvalue weighted by atomic mass is 19.1. The first-order chi connectivity index (χ1) is 10.1. The van der Waals surface area contributed by atoms with Crippen molar-refractivity contribution in [3.05, 3.63) is 35.9 Å². The molecule has 0 bridgehead atoms. The molecule has 0 spiro atoms. The monoisotopic (exact) mass is 292 g/mol. The maximum absolute atomic E-state index is 12.6. The summed E-state index contributed by atoms with van der Waals surface area (Å²) in [5, 5.41) is 3.75. The van der Waals surface area contributed by atoms with Crippen LogP contribution in [0.4, 0.5) is 4.39 Å². The predicted octanol–water partition coefficient (Wildman–Crippen LogP) is 3.58. The molecular formula is C18H29FN2. The summed E-state index contributed by atoms with van der Waals surface area (Å²) in [7, 11) is 0. The fourth-order valence-corrected chi connectivity index (χ4v) is 3.38. The summed E-state index contributed by atoms with van der Waals surface area (Å²) >= 11 is 0. The van der Waals surface area contributed by atoms with Crippen molar-refractivity contribution >= 4 is 0 Å². The number of benzene rings is 1. The van der Waals surface area contributed by atoms with Gasteiger partial charge in [-0.15, -0.1) is 0 Å². The fraction of sp³-hybridized carbons (Fsp3) is 0.667. The molecule has 0 amide bonds. The van der Waals surface area contributed by atoms with Crippen LogP contribution in [0.3, 0.4) is 0 Å². The number of hydrogen-bond donors (Lipinski definition) is 1. The highest BCUT2D eigenvalue weighted by Crippen LogP contribution is 2.29. The standard InChI is InChI=1S/C18H29FN2/c1-4-15(2)17-13-20-18(3,14-21(17)12-8-11-19)16-9-6-5-7-10-16/h5-7,9-10,15,17,20H,4,8,11-14H2,1-3H3. The molecule has 0 aliphatic carbocycles. The number of hydrogen-bond acceptors (Lipinski definition) is 2. The van der Waals surface area contributed by atoms with E-state index in [4.69, 9.17) is 0 Å². The van der Waals surface area contributed by atoms with Gasteiger partial charge in [0.15, 0.2) is 0 Å². The van der Waals surface area contributed by atoms with E-state index in [0.717, 1.165) is 19.6 Å². The lowest BCUT2D eigenvalue weighted by Crippen LogP contribution is -2.62. The average molecular weight is 292 g/mol. The van der Waals surface area contributed by atoms with Gasteiger partial charge in [-0.2, -0.15) is 0 Å². The van der Waals surface area contributed by atoms with Crippen molar-refractivity contribution in [2.45, 2.75) is 45.2 Å². The minimum atomic E-state index is -0.223. The Labute approximate surface area is 128 Å². The normalized spacial score (nSPS) is 28.5. The molecule has 1 aromatic rings. The maximum atomic E-state index is 12.6. The Kier molecular flexibility index (Phi) is 5.77. The van der Waals surface area contributed by atoms with Crippen LogP contribution in [0.2, 0.25) is 0 Å². The molecule has 21 heavy (non-hydrogen) atoms. The molecule has 3 atom stereocenters. The Balaban J connectivity index is 2.15. The molecule has 0 saturated carbocycles. The van der Waals surface area contributed by atoms with E-state index in [2.05, 4.69) is 61.3 Å². The summed E-state index contributed by atoms with van der Waals surface area (Å²) < 4.78 is 12.6. The molecule has 2 nitrogen and oxygen atoms in total. The van der Waals surface area contributed by atoms with Gasteiger partial charge in [0.25, 0.3) is 0 Å². The van der Waals surface area contributed by atoms with Crippen LogP contribution in [0.1, 0.15) is 39.2 Å². The molecule has 1 aromatic carbocycles. The maximum Gasteiger partial charge on any atom is 0.0906 e. The van der Waals surface area contributed by atoms with Crippen molar-refractivity contribution in [1.82, 2.24) is 10.2 Å². The zero-order valence-electron chi connectivity index (χ0n) is 13.6. The van der Waals surface area contributed by atoms with Crippen LogP contribution in [-0.4, -0.2) is 37.3 Å². The zero-order chi connectivity index (χ0) is 15.3. The van der Waals surface area contributed by atoms with Crippen LogP contribution in [0.25, 0.3) is 0 Å². The van der Waals surface area contributed by atoms with Gasteiger partial charge in [-0.1, -0.05) is 50.6 Å². The summed E-state index contributed by atoms with van der Waals surface area (Å²) in [6, 6.07) is 11.1. The number of halogens is 1. The van der Waals surface area contributed by atoms with Crippen molar-refractivity contribution < 1.29 is 4.39 Å². The minimum Gasteiger partial charge on any atom is -0.305 e. The Morgan fingerprint density at radius 3 is 2.71 bits per heavy atom. The fourth-order valence-electron chi connectivity index (χ4n) is 3.38. The van der Waals surface area contributed by atoms with Gasteiger partial charge >= 0.3 is 0 Å². The van der Waals surface area contributed by atoms with Crippen LogP contribution in [0.5, 0.6) is 0 Å². The van der Waals surface area contributed by atoms with E-state index >= 15 is 0 Å². The van der Waals surface area contributed by atoms with Crippen molar-refractivity contribution in [2.24, 2.45) is 5.92 Å². The molecule has 1 saturated heterocycles. The number of piperazine rings is 1. The highest BCUT2D eigenvalue weighted by Gasteiger charge is 2.38. The molecule has 3 heteroatoms. The van der Waals surface area contributed by atoms with E-state index in [-0.39, 0.29) is 12.2 Å². The van der Waals surface area contributed by atoms with E-state index in [9.17, 15) is 4.39 Å². The van der Waals surface area contributed by atoms with E-state index in [0.29, 0.717) is 18.4 Å². The molecule has 2 rings (SSSR count). The third-order valence-corrected chi connectivity index (χ3v) is 4.98. The van der Waals surface area contributed by atoms with Crippen LogP contribution in [0, 0.1) is 5.92 Å². The van der Waals surface area contributed by atoms with E-state index in [1.54, 1.807) is 0 Å². The molecule has 1 fully saturated rings. The first-order valence-corrected chi connectivity index (χ1v) is 8.21. The molecular weight excluding hydrogens is 263 g/mol. The van der Waals surface area contributed by atoms with Crippen LogP contribution in [0.15, 0.2) is 30.3 Å². The summed E-state index contributed by atoms with van der Waals surface area (Å²) in [4.78, 5) is 2.50.